The molecule has 0 amide bonds. The van der Waals surface area contributed by atoms with E-state index in [9.17, 15) is 5.11 Å². The third kappa shape index (κ3) is 2.75. The Bertz CT molecular complexity index is 497. The number of nitrogens with two attached hydrogens (primary N) is 1. The average Bonchev–Trinajstić information content (AvgIpc) is 2.92. The lowest BCUT2D eigenvalue weighted by molar-refractivity contribution is 0.296. The van der Waals surface area contributed by atoms with Crippen molar-refractivity contribution >= 4 is 11.7 Å². The van der Waals surface area contributed by atoms with Crippen LogP contribution in [0.5, 0.6) is 0 Å². The van der Waals surface area contributed by atoms with E-state index in [0.717, 1.165) is 24.1 Å². The van der Waals surface area contributed by atoms with Crippen LogP contribution < -0.4 is 10.6 Å². The number of amidine groups is 1. The number of hydrogen-bond donors (Lipinski definition) is 3. The number of rotatable bonds is 5. The van der Waals surface area contributed by atoms with Crippen molar-refractivity contribution in [2.45, 2.75) is 45.6 Å². The van der Waals surface area contributed by atoms with Crippen LogP contribution in [0.4, 0.5) is 5.82 Å². The molecule has 0 unspecified atom stereocenters. The molecule has 1 aliphatic rings. The van der Waals surface area contributed by atoms with Gasteiger partial charge in [0, 0.05) is 12.6 Å². The maximum absolute atomic E-state index is 9.34. The fourth-order valence-electron chi connectivity index (χ4n) is 2.90. The van der Waals surface area contributed by atoms with Crippen LogP contribution in [-0.2, 0) is 0 Å². The fourth-order valence-corrected chi connectivity index (χ4v) is 2.90. The van der Waals surface area contributed by atoms with Crippen LogP contribution in [-0.4, -0.2) is 40.3 Å². The van der Waals surface area contributed by atoms with E-state index in [4.69, 9.17) is 11.1 Å². The monoisotopic (exact) mass is 277 g/mol. The number of aromatic nitrogens is 2. The van der Waals surface area contributed by atoms with Gasteiger partial charge in [-0.25, -0.2) is 0 Å². The molecule has 6 nitrogen and oxygen atoms in total. The molecule has 2 rings (SSSR count). The van der Waals surface area contributed by atoms with E-state index < -0.39 is 0 Å². The van der Waals surface area contributed by atoms with Gasteiger partial charge in [-0.1, -0.05) is 12.8 Å². The molecule has 1 aromatic heterocycles. The van der Waals surface area contributed by atoms with Crippen molar-refractivity contribution in [1.29, 1.82) is 5.41 Å². The van der Waals surface area contributed by atoms with Crippen molar-refractivity contribution in [2.75, 3.05) is 18.1 Å². The molecule has 0 atom stereocenters. The van der Waals surface area contributed by atoms with Gasteiger partial charge >= 0.3 is 0 Å². The van der Waals surface area contributed by atoms with E-state index in [2.05, 4.69) is 15.1 Å². The maximum Gasteiger partial charge on any atom is 0.162 e. The zero-order valence-corrected chi connectivity index (χ0v) is 12.2. The fraction of sp³-hybridized carbons (Fsp3) is 0.643. The van der Waals surface area contributed by atoms with Crippen LogP contribution in [0.1, 0.15) is 42.5 Å². The first-order valence-electron chi connectivity index (χ1n) is 7.12. The van der Waals surface area contributed by atoms with Gasteiger partial charge in [-0.15, -0.1) is 5.10 Å². The van der Waals surface area contributed by atoms with Gasteiger partial charge in [0.2, 0.25) is 0 Å². The number of nitrogens with zero attached hydrogens (tertiary/aromatic N) is 3. The van der Waals surface area contributed by atoms with Crippen molar-refractivity contribution in [1.82, 2.24) is 10.2 Å². The van der Waals surface area contributed by atoms with Crippen molar-refractivity contribution in [3.8, 4) is 0 Å². The Morgan fingerprint density at radius 3 is 2.55 bits per heavy atom. The first-order valence-corrected chi connectivity index (χ1v) is 7.12. The number of nitrogen functional groups attached to an aromatic ring is 1. The summed E-state index contributed by atoms with van der Waals surface area (Å²) in [5.74, 6) is 0.651. The third-order valence-corrected chi connectivity index (χ3v) is 4.08. The SMILES string of the molecule is Cc1nnc(N(CCO)C2CCCC2)c(C(=N)N)c1C. The molecule has 1 heterocycles. The van der Waals surface area contributed by atoms with Gasteiger partial charge in [0.05, 0.1) is 17.9 Å². The summed E-state index contributed by atoms with van der Waals surface area (Å²) in [7, 11) is 0. The number of nitrogens with one attached hydrogen (secondary N) is 1. The highest BCUT2D eigenvalue weighted by molar-refractivity contribution is 6.01. The second-order valence-corrected chi connectivity index (χ2v) is 5.38. The summed E-state index contributed by atoms with van der Waals surface area (Å²) in [5, 5.41) is 25.6. The van der Waals surface area contributed by atoms with E-state index in [-0.39, 0.29) is 12.4 Å². The highest BCUT2D eigenvalue weighted by Crippen LogP contribution is 2.30. The predicted molar refractivity (Wildman–Crippen MR) is 79.2 cm³/mol. The summed E-state index contributed by atoms with van der Waals surface area (Å²) in [6, 6.07) is 0.358. The molecule has 1 fully saturated rings. The van der Waals surface area contributed by atoms with Crippen molar-refractivity contribution < 1.29 is 5.11 Å². The van der Waals surface area contributed by atoms with Crippen molar-refractivity contribution in [3.63, 3.8) is 0 Å². The second-order valence-electron chi connectivity index (χ2n) is 5.38. The lowest BCUT2D eigenvalue weighted by Gasteiger charge is -2.31. The topological polar surface area (TPSA) is 99.1 Å². The highest BCUT2D eigenvalue weighted by Gasteiger charge is 2.27. The number of hydrogen-bond acceptors (Lipinski definition) is 5. The van der Waals surface area contributed by atoms with E-state index in [1.54, 1.807) is 0 Å². The molecule has 4 N–H and O–H groups in total. The largest absolute Gasteiger partial charge is 0.395 e. The van der Waals surface area contributed by atoms with Gasteiger partial charge in [0.15, 0.2) is 5.82 Å². The van der Waals surface area contributed by atoms with Crippen LogP contribution in [0.3, 0.4) is 0 Å². The highest BCUT2D eigenvalue weighted by atomic mass is 16.3. The standard InChI is InChI=1S/C14H23N5O/c1-9-10(2)17-18-14(12(9)13(15)16)19(7-8-20)11-5-3-4-6-11/h11,20H,3-8H2,1-2H3,(H3,15,16). The molecule has 20 heavy (non-hydrogen) atoms. The van der Waals surface area contributed by atoms with Gasteiger partial charge in [-0.3, -0.25) is 5.41 Å². The Labute approximate surface area is 119 Å². The molecule has 0 saturated heterocycles. The first-order chi connectivity index (χ1) is 9.56. The van der Waals surface area contributed by atoms with Crippen LogP contribution in [0.2, 0.25) is 0 Å². The van der Waals surface area contributed by atoms with E-state index in [0.29, 0.717) is 24.0 Å². The number of aliphatic hydroxyl groups excluding tert-OH is 1. The molecule has 0 aliphatic heterocycles. The molecule has 1 saturated carbocycles. The summed E-state index contributed by atoms with van der Waals surface area (Å²) < 4.78 is 0. The molecule has 1 aliphatic carbocycles. The summed E-state index contributed by atoms with van der Waals surface area (Å²) in [6.45, 7) is 4.34. The Morgan fingerprint density at radius 1 is 1.35 bits per heavy atom. The van der Waals surface area contributed by atoms with E-state index >= 15 is 0 Å². The second kappa shape index (κ2) is 6.17. The molecule has 0 aromatic carbocycles. The quantitative estimate of drug-likeness (QED) is 0.553. The normalized spacial score (nSPS) is 15.6. The Balaban J connectivity index is 2.46. The number of aliphatic hydroxyl groups is 1. The maximum atomic E-state index is 9.34. The minimum atomic E-state index is 0.0106. The lowest BCUT2D eigenvalue weighted by atomic mass is 10.1. The summed E-state index contributed by atoms with van der Waals surface area (Å²) in [6.07, 6.45) is 4.57. The first kappa shape index (κ1) is 14.7. The van der Waals surface area contributed by atoms with Gasteiger partial charge in [0.25, 0.3) is 0 Å². The lowest BCUT2D eigenvalue weighted by Crippen LogP contribution is -2.38. The average molecular weight is 277 g/mol. The molecular weight excluding hydrogens is 254 g/mol. The summed E-state index contributed by atoms with van der Waals surface area (Å²) in [4.78, 5) is 2.07. The van der Waals surface area contributed by atoms with Crippen LogP contribution in [0, 0.1) is 19.3 Å². The van der Waals surface area contributed by atoms with Crippen LogP contribution in [0.25, 0.3) is 0 Å². The molecule has 6 heteroatoms. The van der Waals surface area contributed by atoms with Crippen LogP contribution >= 0.6 is 0 Å². The zero-order chi connectivity index (χ0) is 14.7. The molecule has 0 spiro atoms. The predicted octanol–water partition coefficient (Wildman–Crippen LogP) is 1.12. The molecule has 1 aromatic rings. The third-order valence-electron chi connectivity index (χ3n) is 4.08. The Morgan fingerprint density at radius 2 is 2.00 bits per heavy atom. The molecule has 0 radical (unpaired) electrons. The smallest absolute Gasteiger partial charge is 0.162 e. The van der Waals surface area contributed by atoms with E-state index in [1.165, 1.54) is 12.8 Å². The zero-order valence-electron chi connectivity index (χ0n) is 12.2. The minimum absolute atomic E-state index is 0.0106. The van der Waals surface area contributed by atoms with Crippen molar-refractivity contribution in [3.05, 3.63) is 16.8 Å². The Hall–Kier alpha value is -1.69. The van der Waals surface area contributed by atoms with Crippen molar-refractivity contribution in [2.24, 2.45) is 5.73 Å². The number of aryl methyl sites for hydroxylation is 1. The van der Waals surface area contributed by atoms with Gasteiger partial charge in [-0.05, 0) is 32.3 Å². The van der Waals surface area contributed by atoms with Gasteiger partial charge in [-0.2, -0.15) is 5.10 Å². The van der Waals surface area contributed by atoms with Crippen LogP contribution in [0.15, 0.2) is 0 Å². The van der Waals surface area contributed by atoms with E-state index in [1.807, 2.05) is 13.8 Å². The minimum Gasteiger partial charge on any atom is -0.395 e. The molecule has 0 bridgehead atoms. The number of anilines is 1. The molecular formula is C14H23N5O. The molecule has 110 valence electrons. The van der Waals surface area contributed by atoms with Gasteiger partial charge < -0.3 is 15.7 Å². The summed E-state index contributed by atoms with van der Waals surface area (Å²) >= 11 is 0. The summed E-state index contributed by atoms with van der Waals surface area (Å²) in [5.41, 5.74) is 8.07. The Kier molecular flexibility index (Phi) is 4.54. The van der Waals surface area contributed by atoms with Gasteiger partial charge in [0.1, 0.15) is 5.84 Å².